The maximum Gasteiger partial charge on any atom is 0.134 e. The van der Waals surface area contributed by atoms with E-state index in [0.717, 1.165) is 6.61 Å². The van der Waals surface area contributed by atoms with Crippen LogP contribution in [0.1, 0.15) is 25.6 Å². The van der Waals surface area contributed by atoms with E-state index in [-0.39, 0.29) is 6.23 Å². The summed E-state index contributed by atoms with van der Waals surface area (Å²) in [4.78, 5) is 0. The van der Waals surface area contributed by atoms with Gasteiger partial charge in [0.05, 0.1) is 6.61 Å². The lowest BCUT2D eigenvalue weighted by molar-refractivity contribution is 0.0999. The van der Waals surface area contributed by atoms with Crippen LogP contribution in [0.5, 0.6) is 0 Å². The number of benzene rings is 1. The fourth-order valence-corrected chi connectivity index (χ4v) is 1.70. The molecule has 76 valence electrons. The van der Waals surface area contributed by atoms with Crippen molar-refractivity contribution in [2.45, 2.75) is 26.1 Å². The molecule has 1 unspecified atom stereocenters. The van der Waals surface area contributed by atoms with E-state index in [0.29, 0.717) is 12.0 Å². The summed E-state index contributed by atoms with van der Waals surface area (Å²) in [6.45, 7) is 5.25. The Labute approximate surface area is 85.3 Å². The number of ether oxygens (including phenoxy) is 1. The van der Waals surface area contributed by atoms with Gasteiger partial charge in [-0.05, 0) is 11.5 Å². The molecule has 1 saturated heterocycles. The van der Waals surface area contributed by atoms with Crippen molar-refractivity contribution >= 4 is 0 Å². The van der Waals surface area contributed by atoms with Crippen LogP contribution in [0.2, 0.25) is 0 Å². The first-order valence-corrected chi connectivity index (χ1v) is 5.20. The molecule has 0 saturated carbocycles. The third kappa shape index (κ3) is 1.97. The van der Waals surface area contributed by atoms with Crippen LogP contribution < -0.4 is 5.32 Å². The molecule has 1 fully saturated rings. The van der Waals surface area contributed by atoms with Gasteiger partial charge < -0.3 is 4.74 Å². The second-order valence-corrected chi connectivity index (χ2v) is 4.14. The van der Waals surface area contributed by atoms with Crippen LogP contribution in [-0.2, 0) is 4.74 Å². The molecule has 2 heteroatoms. The Morgan fingerprint density at radius 1 is 1.29 bits per heavy atom. The maximum atomic E-state index is 5.70. The smallest absolute Gasteiger partial charge is 0.134 e. The molecule has 1 N–H and O–H groups in total. The van der Waals surface area contributed by atoms with Crippen molar-refractivity contribution in [1.29, 1.82) is 0 Å². The first-order chi connectivity index (χ1) is 6.77. The lowest BCUT2D eigenvalue weighted by Crippen LogP contribution is -2.30. The molecular formula is C12H17NO. The average Bonchev–Trinajstić information content (AvgIpc) is 2.68. The van der Waals surface area contributed by atoms with Crippen molar-refractivity contribution in [3.05, 3.63) is 35.9 Å². The average molecular weight is 191 g/mol. The van der Waals surface area contributed by atoms with Crippen molar-refractivity contribution < 1.29 is 4.74 Å². The third-order valence-electron chi connectivity index (χ3n) is 2.71. The van der Waals surface area contributed by atoms with Gasteiger partial charge in [-0.15, -0.1) is 0 Å². The largest absolute Gasteiger partial charge is 0.357 e. The summed E-state index contributed by atoms with van der Waals surface area (Å²) in [5, 5.41) is 3.48. The fraction of sp³-hybridized carbons (Fsp3) is 0.500. The van der Waals surface area contributed by atoms with Gasteiger partial charge in [-0.1, -0.05) is 44.2 Å². The minimum atomic E-state index is 0.0867. The predicted octanol–water partition coefficient (Wildman–Crippen LogP) is 2.33. The van der Waals surface area contributed by atoms with Gasteiger partial charge >= 0.3 is 0 Å². The van der Waals surface area contributed by atoms with E-state index in [9.17, 15) is 0 Å². The molecule has 0 bridgehead atoms. The topological polar surface area (TPSA) is 21.3 Å². The van der Waals surface area contributed by atoms with Gasteiger partial charge in [0, 0.05) is 6.04 Å². The van der Waals surface area contributed by atoms with Crippen LogP contribution in [0.15, 0.2) is 30.3 Å². The number of hydrogen-bond donors (Lipinski definition) is 1. The zero-order valence-corrected chi connectivity index (χ0v) is 8.73. The lowest BCUT2D eigenvalue weighted by atomic mass is 10.1. The van der Waals surface area contributed by atoms with E-state index >= 15 is 0 Å². The second kappa shape index (κ2) is 4.11. The SMILES string of the molecule is CC(C)[C@H]1COC(c2ccccc2)N1. The summed E-state index contributed by atoms with van der Waals surface area (Å²) in [5.41, 5.74) is 1.22. The van der Waals surface area contributed by atoms with Crippen molar-refractivity contribution in [2.75, 3.05) is 6.61 Å². The summed E-state index contributed by atoms with van der Waals surface area (Å²) in [5.74, 6) is 0.628. The zero-order valence-electron chi connectivity index (χ0n) is 8.73. The number of hydrogen-bond acceptors (Lipinski definition) is 2. The molecule has 0 amide bonds. The Hall–Kier alpha value is -0.860. The van der Waals surface area contributed by atoms with Crippen LogP contribution in [0.4, 0.5) is 0 Å². The van der Waals surface area contributed by atoms with Gasteiger partial charge in [0.25, 0.3) is 0 Å². The Morgan fingerprint density at radius 2 is 2.00 bits per heavy atom. The molecule has 1 aliphatic heterocycles. The van der Waals surface area contributed by atoms with E-state index in [2.05, 4.69) is 31.3 Å². The minimum absolute atomic E-state index is 0.0867. The third-order valence-corrected chi connectivity index (χ3v) is 2.71. The van der Waals surface area contributed by atoms with E-state index in [1.54, 1.807) is 0 Å². The van der Waals surface area contributed by atoms with Crippen LogP contribution in [0, 0.1) is 5.92 Å². The van der Waals surface area contributed by atoms with E-state index in [1.807, 2.05) is 18.2 Å². The summed E-state index contributed by atoms with van der Waals surface area (Å²) in [7, 11) is 0. The standard InChI is InChI=1S/C12H17NO/c1-9(2)11-8-14-12(13-11)10-6-4-3-5-7-10/h3-7,9,11-13H,8H2,1-2H3/t11-,12?/m1/s1. The van der Waals surface area contributed by atoms with Crippen LogP contribution in [0.25, 0.3) is 0 Å². The van der Waals surface area contributed by atoms with Crippen molar-refractivity contribution in [3.8, 4) is 0 Å². The molecule has 2 atom stereocenters. The fourth-order valence-electron chi connectivity index (χ4n) is 1.70. The molecule has 2 rings (SSSR count). The first-order valence-electron chi connectivity index (χ1n) is 5.20. The molecule has 0 radical (unpaired) electrons. The Kier molecular flexibility index (Phi) is 2.85. The Balaban J connectivity index is 2.03. The van der Waals surface area contributed by atoms with Crippen molar-refractivity contribution in [3.63, 3.8) is 0 Å². The summed E-state index contributed by atoms with van der Waals surface area (Å²) in [6.07, 6.45) is 0.0867. The van der Waals surface area contributed by atoms with E-state index < -0.39 is 0 Å². The van der Waals surface area contributed by atoms with Crippen molar-refractivity contribution in [1.82, 2.24) is 5.32 Å². The monoisotopic (exact) mass is 191 g/mol. The van der Waals surface area contributed by atoms with E-state index in [4.69, 9.17) is 4.74 Å². The number of rotatable bonds is 2. The highest BCUT2D eigenvalue weighted by Crippen LogP contribution is 2.22. The molecule has 1 aromatic rings. The van der Waals surface area contributed by atoms with Crippen LogP contribution >= 0.6 is 0 Å². The van der Waals surface area contributed by atoms with Gasteiger partial charge in [-0.2, -0.15) is 0 Å². The van der Waals surface area contributed by atoms with Gasteiger partial charge in [0.15, 0.2) is 0 Å². The summed E-state index contributed by atoms with van der Waals surface area (Å²) >= 11 is 0. The first kappa shape index (κ1) is 9.69. The molecule has 0 aliphatic carbocycles. The number of nitrogens with one attached hydrogen (secondary N) is 1. The molecule has 14 heavy (non-hydrogen) atoms. The molecule has 1 heterocycles. The zero-order chi connectivity index (χ0) is 9.97. The maximum absolute atomic E-state index is 5.70. The Bertz CT molecular complexity index is 284. The molecule has 1 aromatic carbocycles. The molecule has 1 aliphatic rings. The summed E-state index contributed by atoms with van der Waals surface area (Å²) in [6, 6.07) is 10.8. The highest BCUT2D eigenvalue weighted by molar-refractivity contribution is 5.18. The van der Waals surface area contributed by atoms with E-state index in [1.165, 1.54) is 5.56 Å². The van der Waals surface area contributed by atoms with Gasteiger partial charge in [-0.25, -0.2) is 0 Å². The van der Waals surface area contributed by atoms with Gasteiger partial charge in [-0.3, -0.25) is 5.32 Å². The molecule has 2 nitrogen and oxygen atoms in total. The second-order valence-electron chi connectivity index (χ2n) is 4.14. The quantitative estimate of drug-likeness (QED) is 0.774. The van der Waals surface area contributed by atoms with Gasteiger partial charge in [0.2, 0.25) is 0 Å². The molecule has 0 spiro atoms. The molecular weight excluding hydrogens is 174 g/mol. The lowest BCUT2D eigenvalue weighted by Gasteiger charge is -2.14. The highest BCUT2D eigenvalue weighted by atomic mass is 16.5. The van der Waals surface area contributed by atoms with Crippen molar-refractivity contribution in [2.24, 2.45) is 5.92 Å². The predicted molar refractivity (Wildman–Crippen MR) is 56.9 cm³/mol. The van der Waals surface area contributed by atoms with Gasteiger partial charge in [0.1, 0.15) is 6.23 Å². The molecule has 0 aromatic heterocycles. The Morgan fingerprint density at radius 3 is 2.57 bits per heavy atom. The highest BCUT2D eigenvalue weighted by Gasteiger charge is 2.27. The summed E-state index contributed by atoms with van der Waals surface area (Å²) < 4.78 is 5.70. The minimum Gasteiger partial charge on any atom is -0.357 e. The van der Waals surface area contributed by atoms with Crippen LogP contribution in [0.3, 0.4) is 0 Å². The van der Waals surface area contributed by atoms with Crippen LogP contribution in [-0.4, -0.2) is 12.6 Å². The normalized spacial score (nSPS) is 27.1.